The van der Waals surface area contributed by atoms with Crippen LogP contribution in [0.5, 0.6) is 0 Å². The predicted octanol–water partition coefficient (Wildman–Crippen LogP) is 3.65. The third kappa shape index (κ3) is 3.21. The molecule has 0 amide bonds. The van der Waals surface area contributed by atoms with Crippen molar-refractivity contribution in [3.63, 3.8) is 0 Å². The van der Waals surface area contributed by atoms with E-state index in [1.165, 1.54) is 6.33 Å². The average Bonchev–Trinajstić information content (AvgIpc) is 3.32. The summed E-state index contributed by atoms with van der Waals surface area (Å²) in [5.41, 5.74) is 11.6. The molecule has 1 saturated heterocycles. The third-order valence-corrected chi connectivity index (χ3v) is 5.88. The molecule has 0 unspecified atom stereocenters. The minimum atomic E-state index is 0.416. The van der Waals surface area contributed by atoms with Gasteiger partial charge in [-0.2, -0.15) is 0 Å². The summed E-state index contributed by atoms with van der Waals surface area (Å²) in [6, 6.07) is 14.5. The van der Waals surface area contributed by atoms with E-state index in [0.717, 1.165) is 70.8 Å². The number of anilines is 2. The molecule has 1 aliphatic heterocycles. The van der Waals surface area contributed by atoms with Crippen LogP contribution >= 0.6 is 0 Å². The molecule has 8 nitrogen and oxygen atoms in total. The zero-order valence-electron chi connectivity index (χ0n) is 17.3. The lowest BCUT2D eigenvalue weighted by atomic mass is 9.99. The first-order chi connectivity index (χ1) is 15.8. The summed E-state index contributed by atoms with van der Waals surface area (Å²) < 4.78 is 5.44. The number of nitrogen functional groups attached to an aromatic ring is 1. The Bertz CT molecular complexity index is 1420. The van der Waals surface area contributed by atoms with E-state index in [2.05, 4.69) is 55.2 Å². The molecule has 8 heteroatoms. The van der Waals surface area contributed by atoms with Crippen LogP contribution in [0.1, 0.15) is 0 Å². The average molecular weight is 423 g/mol. The normalized spacial score (nSPS) is 14.3. The second kappa shape index (κ2) is 7.58. The topological polar surface area (TPSA) is 106 Å². The second-order valence-corrected chi connectivity index (χ2v) is 7.80. The molecule has 158 valence electrons. The van der Waals surface area contributed by atoms with E-state index >= 15 is 0 Å². The Morgan fingerprint density at radius 3 is 2.66 bits per heavy atom. The van der Waals surface area contributed by atoms with Gasteiger partial charge in [-0.15, -0.1) is 0 Å². The van der Waals surface area contributed by atoms with E-state index in [1.807, 2.05) is 24.5 Å². The molecule has 0 bridgehead atoms. The summed E-state index contributed by atoms with van der Waals surface area (Å²) in [7, 11) is 0. The number of nitrogens with zero attached hydrogens (tertiary/aromatic N) is 5. The van der Waals surface area contributed by atoms with E-state index in [1.54, 1.807) is 0 Å². The van der Waals surface area contributed by atoms with Gasteiger partial charge in [-0.3, -0.25) is 0 Å². The molecule has 0 spiro atoms. The van der Waals surface area contributed by atoms with Crippen molar-refractivity contribution in [1.82, 2.24) is 24.9 Å². The minimum absolute atomic E-state index is 0.416. The number of nitrogens with one attached hydrogen (secondary N) is 1. The van der Waals surface area contributed by atoms with Gasteiger partial charge in [0.05, 0.1) is 24.3 Å². The van der Waals surface area contributed by atoms with Crippen molar-refractivity contribution in [1.29, 1.82) is 0 Å². The van der Waals surface area contributed by atoms with Crippen molar-refractivity contribution in [2.75, 3.05) is 36.9 Å². The third-order valence-electron chi connectivity index (χ3n) is 5.88. The number of aromatic amines is 1. The molecule has 5 heterocycles. The Kier molecular flexibility index (Phi) is 4.43. The van der Waals surface area contributed by atoms with E-state index in [9.17, 15) is 0 Å². The summed E-state index contributed by atoms with van der Waals surface area (Å²) in [4.78, 5) is 23.5. The van der Waals surface area contributed by atoms with Crippen LogP contribution in [0, 0.1) is 0 Å². The highest BCUT2D eigenvalue weighted by Gasteiger charge is 2.16. The van der Waals surface area contributed by atoms with Gasteiger partial charge in [0.1, 0.15) is 18.0 Å². The van der Waals surface area contributed by atoms with Gasteiger partial charge in [-0.1, -0.05) is 6.07 Å². The van der Waals surface area contributed by atoms with E-state index in [0.29, 0.717) is 11.5 Å². The SMILES string of the molecule is Nc1ncnc2nc(-c3ccc(N4CCOCC4)nc3)cc(-c3ccc4[nH]ccc4c3)c12. The molecule has 0 radical (unpaired) electrons. The maximum absolute atomic E-state index is 6.25. The van der Waals surface area contributed by atoms with Gasteiger partial charge in [-0.05, 0) is 52.9 Å². The molecule has 3 N–H and O–H groups in total. The summed E-state index contributed by atoms with van der Waals surface area (Å²) in [5.74, 6) is 1.36. The molecule has 0 saturated carbocycles. The Hall–Kier alpha value is -4.04. The molecule has 1 aliphatic rings. The Morgan fingerprint density at radius 2 is 1.81 bits per heavy atom. The molecule has 5 aromatic rings. The quantitative estimate of drug-likeness (QED) is 0.456. The largest absolute Gasteiger partial charge is 0.383 e. The summed E-state index contributed by atoms with van der Waals surface area (Å²) in [6.45, 7) is 3.16. The van der Waals surface area contributed by atoms with Crippen LogP contribution in [0.4, 0.5) is 11.6 Å². The van der Waals surface area contributed by atoms with Gasteiger partial charge in [0.15, 0.2) is 5.65 Å². The van der Waals surface area contributed by atoms with Crippen molar-refractivity contribution in [2.24, 2.45) is 0 Å². The summed E-state index contributed by atoms with van der Waals surface area (Å²) in [6.07, 6.45) is 5.25. The lowest BCUT2D eigenvalue weighted by Crippen LogP contribution is -2.36. The number of benzene rings is 1. The standard InChI is InChI=1S/C24H21N7O/c25-23-22-18(15-1-3-19-16(11-15)5-6-26-19)12-20(30-24(22)29-14-28-23)17-2-4-21(27-13-17)31-7-9-32-10-8-31/h1-6,11-14,26H,7-10H2,(H2,25,28,29,30). The number of hydrogen-bond acceptors (Lipinski definition) is 7. The number of aromatic nitrogens is 5. The molecule has 0 aliphatic carbocycles. The van der Waals surface area contributed by atoms with Crippen LogP contribution in [-0.4, -0.2) is 51.2 Å². The fraction of sp³-hybridized carbons (Fsp3) is 0.167. The van der Waals surface area contributed by atoms with Crippen molar-refractivity contribution in [3.05, 3.63) is 61.2 Å². The monoisotopic (exact) mass is 423 g/mol. The van der Waals surface area contributed by atoms with Gasteiger partial charge >= 0.3 is 0 Å². The zero-order chi connectivity index (χ0) is 21.5. The Labute approximate surface area is 184 Å². The second-order valence-electron chi connectivity index (χ2n) is 7.80. The highest BCUT2D eigenvalue weighted by Crippen LogP contribution is 2.35. The van der Waals surface area contributed by atoms with Gasteiger partial charge in [0, 0.05) is 36.6 Å². The number of H-pyrrole nitrogens is 1. The van der Waals surface area contributed by atoms with Gasteiger partial charge in [-0.25, -0.2) is 19.9 Å². The molecule has 32 heavy (non-hydrogen) atoms. The van der Waals surface area contributed by atoms with Crippen LogP contribution in [0.25, 0.3) is 44.3 Å². The van der Waals surface area contributed by atoms with E-state index in [4.69, 9.17) is 15.5 Å². The highest BCUT2D eigenvalue weighted by atomic mass is 16.5. The zero-order valence-corrected chi connectivity index (χ0v) is 17.3. The van der Waals surface area contributed by atoms with Crippen LogP contribution in [0.3, 0.4) is 0 Å². The highest BCUT2D eigenvalue weighted by molar-refractivity contribution is 6.02. The molecule has 1 fully saturated rings. The number of hydrogen-bond donors (Lipinski definition) is 2. The Morgan fingerprint density at radius 1 is 0.938 bits per heavy atom. The molecule has 1 aromatic carbocycles. The van der Waals surface area contributed by atoms with Gasteiger partial charge < -0.3 is 20.4 Å². The van der Waals surface area contributed by atoms with Crippen molar-refractivity contribution < 1.29 is 4.74 Å². The first-order valence-corrected chi connectivity index (χ1v) is 10.5. The molecule has 0 atom stereocenters. The van der Waals surface area contributed by atoms with Crippen LogP contribution in [-0.2, 0) is 4.74 Å². The van der Waals surface area contributed by atoms with E-state index in [-0.39, 0.29) is 0 Å². The molecular formula is C24H21N7O. The van der Waals surface area contributed by atoms with Gasteiger partial charge in [0.2, 0.25) is 0 Å². The lowest BCUT2D eigenvalue weighted by molar-refractivity contribution is 0.122. The number of ether oxygens (including phenoxy) is 1. The number of nitrogens with two attached hydrogens (primary N) is 1. The maximum atomic E-state index is 6.25. The van der Waals surface area contributed by atoms with E-state index < -0.39 is 0 Å². The van der Waals surface area contributed by atoms with Crippen molar-refractivity contribution >= 4 is 33.6 Å². The van der Waals surface area contributed by atoms with Gasteiger partial charge in [0.25, 0.3) is 0 Å². The summed E-state index contributed by atoms with van der Waals surface area (Å²) >= 11 is 0. The first kappa shape index (κ1) is 18.7. The maximum Gasteiger partial charge on any atom is 0.165 e. The summed E-state index contributed by atoms with van der Waals surface area (Å²) in [5, 5.41) is 1.88. The number of morpholine rings is 1. The predicted molar refractivity (Wildman–Crippen MR) is 125 cm³/mol. The van der Waals surface area contributed by atoms with Crippen molar-refractivity contribution in [3.8, 4) is 22.4 Å². The molecular weight excluding hydrogens is 402 g/mol. The minimum Gasteiger partial charge on any atom is -0.383 e. The fourth-order valence-corrected chi connectivity index (χ4v) is 4.20. The lowest BCUT2D eigenvalue weighted by Gasteiger charge is -2.27. The van der Waals surface area contributed by atoms with Crippen LogP contribution in [0.2, 0.25) is 0 Å². The number of pyridine rings is 2. The van der Waals surface area contributed by atoms with Crippen LogP contribution in [0.15, 0.2) is 61.2 Å². The Balaban J connectivity index is 1.48. The number of rotatable bonds is 3. The van der Waals surface area contributed by atoms with Crippen molar-refractivity contribution in [2.45, 2.75) is 0 Å². The molecule has 6 rings (SSSR count). The van der Waals surface area contributed by atoms with Crippen LogP contribution < -0.4 is 10.6 Å². The fourth-order valence-electron chi connectivity index (χ4n) is 4.20. The number of fused-ring (bicyclic) bond motifs is 2. The first-order valence-electron chi connectivity index (χ1n) is 10.5. The smallest absolute Gasteiger partial charge is 0.165 e. The molecule has 4 aromatic heterocycles.